The topological polar surface area (TPSA) is 24.5 Å². The van der Waals surface area contributed by atoms with Gasteiger partial charge in [-0.2, -0.15) is 0 Å². The lowest BCUT2D eigenvalue weighted by Crippen LogP contribution is -2.42. The summed E-state index contributed by atoms with van der Waals surface area (Å²) in [5.74, 6) is 0.716. The molecule has 1 N–H and O–H groups in total. The highest BCUT2D eigenvalue weighted by Crippen LogP contribution is 2.20. The first-order valence-electron chi connectivity index (χ1n) is 7.25. The highest BCUT2D eigenvalue weighted by atomic mass is 32.1. The molecule has 3 nitrogen and oxygen atoms in total. The molecule has 0 saturated carbocycles. The van der Waals surface area contributed by atoms with E-state index in [0.717, 1.165) is 39.4 Å². The maximum Gasteiger partial charge on any atom is 0.0619 e. The van der Waals surface area contributed by atoms with Gasteiger partial charge in [-0.05, 0) is 31.5 Å². The summed E-state index contributed by atoms with van der Waals surface area (Å²) in [6.45, 7) is 12.7. The average Bonchev–Trinajstić information content (AvgIpc) is 2.79. The molecule has 1 aromatic rings. The molecular formula is C15H26N2OS. The van der Waals surface area contributed by atoms with Crippen molar-refractivity contribution in [3.05, 3.63) is 21.9 Å². The molecule has 108 valence electrons. The molecular weight excluding hydrogens is 256 g/mol. The fourth-order valence-electron chi connectivity index (χ4n) is 2.28. The lowest BCUT2D eigenvalue weighted by atomic mass is 10.2. The van der Waals surface area contributed by atoms with Crippen LogP contribution >= 0.6 is 11.3 Å². The maximum atomic E-state index is 5.48. The summed E-state index contributed by atoms with van der Waals surface area (Å²) in [4.78, 5) is 5.42. The van der Waals surface area contributed by atoms with Gasteiger partial charge in [-0.1, -0.05) is 13.8 Å². The van der Waals surface area contributed by atoms with Gasteiger partial charge in [-0.15, -0.1) is 11.3 Å². The van der Waals surface area contributed by atoms with Crippen LogP contribution in [0.3, 0.4) is 0 Å². The molecule has 1 atom stereocenters. The lowest BCUT2D eigenvalue weighted by Gasteiger charge is -2.32. The van der Waals surface area contributed by atoms with Crippen LogP contribution in [0.1, 0.15) is 30.5 Å². The minimum atomic E-state index is 0.540. The Balaban J connectivity index is 1.79. The smallest absolute Gasteiger partial charge is 0.0619 e. The highest BCUT2D eigenvalue weighted by Gasteiger charge is 2.19. The molecule has 1 unspecified atom stereocenters. The van der Waals surface area contributed by atoms with Crippen molar-refractivity contribution in [2.75, 3.05) is 26.3 Å². The molecule has 1 fully saturated rings. The fourth-order valence-corrected chi connectivity index (χ4v) is 3.30. The van der Waals surface area contributed by atoms with Crippen molar-refractivity contribution in [3.8, 4) is 0 Å². The van der Waals surface area contributed by atoms with E-state index >= 15 is 0 Å². The van der Waals surface area contributed by atoms with Crippen LogP contribution in [-0.4, -0.2) is 37.2 Å². The van der Waals surface area contributed by atoms with Gasteiger partial charge in [0.05, 0.1) is 13.2 Å². The van der Waals surface area contributed by atoms with Gasteiger partial charge < -0.3 is 10.1 Å². The third-order valence-electron chi connectivity index (χ3n) is 3.43. The van der Waals surface area contributed by atoms with Crippen molar-refractivity contribution in [3.63, 3.8) is 0 Å². The van der Waals surface area contributed by atoms with Crippen molar-refractivity contribution in [2.45, 2.75) is 39.9 Å². The molecule has 0 spiro atoms. The van der Waals surface area contributed by atoms with E-state index in [-0.39, 0.29) is 0 Å². The normalized spacial score (nSPS) is 21.2. The predicted octanol–water partition coefficient (Wildman–Crippen LogP) is 2.71. The minimum absolute atomic E-state index is 0.540. The zero-order valence-corrected chi connectivity index (χ0v) is 13.1. The Bertz CT molecular complexity index is 378. The molecule has 0 amide bonds. The number of nitrogens with one attached hydrogen (secondary N) is 1. The summed E-state index contributed by atoms with van der Waals surface area (Å²) in [7, 11) is 0. The van der Waals surface area contributed by atoms with Gasteiger partial charge in [-0.25, -0.2) is 0 Å². The number of thiophene rings is 1. The first-order chi connectivity index (χ1) is 9.15. The van der Waals surface area contributed by atoms with E-state index in [1.807, 2.05) is 11.3 Å². The number of nitrogens with zero attached hydrogens (tertiary/aromatic N) is 1. The average molecular weight is 282 g/mol. The Morgan fingerprint density at radius 1 is 1.42 bits per heavy atom. The summed E-state index contributed by atoms with van der Waals surface area (Å²) in [5, 5.41) is 3.50. The van der Waals surface area contributed by atoms with Crippen LogP contribution in [-0.2, 0) is 17.8 Å². The molecule has 2 heterocycles. The second-order valence-corrected chi connectivity index (χ2v) is 7.04. The Morgan fingerprint density at radius 3 is 2.95 bits per heavy atom. The number of hydrogen-bond acceptors (Lipinski definition) is 4. The van der Waals surface area contributed by atoms with Crippen molar-refractivity contribution < 1.29 is 4.74 Å². The van der Waals surface area contributed by atoms with Gasteiger partial charge in [0.1, 0.15) is 0 Å². The Kier molecular flexibility index (Phi) is 5.82. The van der Waals surface area contributed by atoms with Crippen LogP contribution in [0.2, 0.25) is 0 Å². The van der Waals surface area contributed by atoms with Crippen LogP contribution in [0.4, 0.5) is 0 Å². The molecule has 1 aliphatic heterocycles. The van der Waals surface area contributed by atoms with E-state index in [0.29, 0.717) is 12.0 Å². The summed E-state index contributed by atoms with van der Waals surface area (Å²) in [6.07, 6.45) is 0. The highest BCUT2D eigenvalue weighted by molar-refractivity contribution is 7.11. The first kappa shape index (κ1) is 15.0. The summed E-state index contributed by atoms with van der Waals surface area (Å²) in [5.41, 5.74) is 0. The monoisotopic (exact) mass is 282 g/mol. The summed E-state index contributed by atoms with van der Waals surface area (Å²) < 4.78 is 5.48. The predicted molar refractivity (Wildman–Crippen MR) is 81.6 cm³/mol. The van der Waals surface area contributed by atoms with Gasteiger partial charge in [0.2, 0.25) is 0 Å². The molecule has 0 radical (unpaired) electrons. The second-order valence-electron chi connectivity index (χ2n) is 5.79. The van der Waals surface area contributed by atoms with E-state index < -0.39 is 0 Å². The van der Waals surface area contributed by atoms with Gasteiger partial charge in [0.15, 0.2) is 0 Å². The lowest BCUT2D eigenvalue weighted by molar-refractivity contribution is -0.00391. The number of rotatable bonds is 6. The number of morpholine rings is 1. The Morgan fingerprint density at radius 2 is 2.21 bits per heavy atom. The van der Waals surface area contributed by atoms with Crippen molar-refractivity contribution in [1.82, 2.24) is 10.2 Å². The molecule has 0 aliphatic carbocycles. The second kappa shape index (κ2) is 7.39. The SMILES string of the molecule is CC(C)CNCc1ccc(CN2CCOCC2C)s1. The van der Waals surface area contributed by atoms with Gasteiger partial charge in [0.25, 0.3) is 0 Å². The van der Waals surface area contributed by atoms with Crippen LogP contribution in [0.5, 0.6) is 0 Å². The van der Waals surface area contributed by atoms with Gasteiger partial charge >= 0.3 is 0 Å². The van der Waals surface area contributed by atoms with E-state index in [4.69, 9.17) is 4.74 Å². The zero-order chi connectivity index (χ0) is 13.7. The van der Waals surface area contributed by atoms with Gasteiger partial charge in [-0.3, -0.25) is 4.90 Å². The van der Waals surface area contributed by atoms with E-state index in [9.17, 15) is 0 Å². The molecule has 1 aliphatic rings. The standard InChI is InChI=1S/C15H26N2OS/c1-12(2)8-16-9-14-4-5-15(19-14)10-17-6-7-18-11-13(17)3/h4-5,12-13,16H,6-11H2,1-3H3. The largest absolute Gasteiger partial charge is 0.379 e. The minimum Gasteiger partial charge on any atom is -0.379 e. The summed E-state index contributed by atoms with van der Waals surface area (Å²) in [6, 6.07) is 5.08. The number of ether oxygens (including phenoxy) is 1. The third-order valence-corrected chi connectivity index (χ3v) is 4.50. The van der Waals surface area contributed by atoms with Crippen LogP contribution in [0.15, 0.2) is 12.1 Å². The molecule has 1 saturated heterocycles. The van der Waals surface area contributed by atoms with E-state index in [1.165, 1.54) is 9.75 Å². The van der Waals surface area contributed by atoms with Crippen LogP contribution < -0.4 is 5.32 Å². The maximum absolute atomic E-state index is 5.48. The van der Waals surface area contributed by atoms with Crippen molar-refractivity contribution in [1.29, 1.82) is 0 Å². The molecule has 0 bridgehead atoms. The summed E-state index contributed by atoms with van der Waals surface area (Å²) >= 11 is 1.94. The van der Waals surface area contributed by atoms with Crippen LogP contribution in [0.25, 0.3) is 0 Å². The van der Waals surface area contributed by atoms with E-state index in [2.05, 4.69) is 43.1 Å². The first-order valence-corrected chi connectivity index (χ1v) is 8.07. The van der Waals surface area contributed by atoms with Gasteiger partial charge in [0, 0.05) is 35.4 Å². The van der Waals surface area contributed by atoms with Crippen LogP contribution in [0, 0.1) is 5.92 Å². The molecule has 19 heavy (non-hydrogen) atoms. The molecule has 1 aromatic heterocycles. The van der Waals surface area contributed by atoms with Crippen molar-refractivity contribution >= 4 is 11.3 Å². The quantitative estimate of drug-likeness (QED) is 0.868. The van der Waals surface area contributed by atoms with Crippen molar-refractivity contribution in [2.24, 2.45) is 5.92 Å². The molecule has 2 rings (SSSR count). The molecule has 4 heteroatoms. The van der Waals surface area contributed by atoms with E-state index in [1.54, 1.807) is 0 Å². The number of hydrogen-bond donors (Lipinski definition) is 1. The zero-order valence-electron chi connectivity index (χ0n) is 12.3. The Labute approximate surface area is 121 Å². The Hall–Kier alpha value is -0.420. The fraction of sp³-hybridized carbons (Fsp3) is 0.733. The molecule has 0 aromatic carbocycles. The third kappa shape index (κ3) is 4.88.